The van der Waals surface area contributed by atoms with E-state index in [9.17, 15) is 0 Å². The first-order valence-electron chi connectivity index (χ1n) is 5.77. The second kappa shape index (κ2) is 6.38. The summed E-state index contributed by atoms with van der Waals surface area (Å²) in [6, 6.07) is 3.79. The second-order valence-electron chi connectivity index (χ2n) is 5.25. The van der Waals surface area contributed by atoms with Crippen LogP contribution in [0, 0.1) is 0 Å². The Hall–Kier alpha value is -0.0900. The van der Waals surface area contributed by atoms with Crippen molar-refractivity contribution in [3.05, 3.63) is 27.7 Å². The molecule has 0 heterocycles. The Morgan fingerprint density at radius 3 is 2.17 bits per heavy atom. The largest absolute Gasteiger partial charge is 0.396 e. The summed E-state index contributed by atoms with van der Waals surface area (Å²) < 4.78 is 0. The number of rotatable bonds is 4. The number of nitrogen functional groups attached to an aromatic ring is 1. The summed E-state index contributed by atoms with van der Waals surface area (Å²) >= 11 is 13.9. The van der Waals surface area contributed by atoms with Crippen LogP contribution < -0.4 is 11.1 Å². The van der Waals surface area contributed by atoms with Crippen molar-refractivity contribution in [2.75, 3.05) is 18.5 Å². The SMILES string of the molecule is CSC(CNC(C)(C)C)c1cc(Cl)c(N)c(Cl)c1. The first-order chi connectivity index (χ1) is 8.24. The van der Waals surface area contributed by atoms with Crippen molar-refractivity contribution < 1.29 is 0 Å². The number of thioether (sulfide) groups is 1. The van der Waals surface area contributed by atoms with Gasteiger partial charge in [0.1, 0.15) is 0 Å². The lowest BCUT2D eigenvalue weighted by atomic mass is 10.1. The van der Waals surface area contributed by atoms with E-state index < -0.39 is 0 Å². The predicted molar refractivity (Wildman–Crippen MR) is 84.9 cm³/mol. The number of halogens is 2. The fourth-order valence-corrected chi connectivity index (χ4v) is 2.69. The maximum Gasteiger partial charge on any atom is 0.0693 e. The zero-order chi connectivity index (χ0) is 13.9. The Morgan fingerprint density at radius 2 is 1.78 bits per heavy atom. The number of benzene rings is 1. The minimum Gasteiger partial charge on any atom is -0.396 e. The lowest BCUT2D eigenvalue weighted by molar-refractivity contribution is 0.428. The van der Waals surface area contributed by atoms with E-state index in [2.05, 4.69) is 32.3 Å². The molecule has 0 radical (unpaired) electrons. The molecular weight excluding hydrogens is 287 g/mol. The summed E-state index contributed by atoms with van der Waals surface area (Å²) in [5, 5.41) is 4.83. The Morgan fingerprint density at radius 1 is 1.28 bits per heavy atom. The van der Waals surface area contributed by atoms with E-state index in [1.807, 2.05) is 12.1 Å². The molecule has 1 rings (SSSR count). The van der Waals surface area contributed by atoms with Gasteiger partial charge in [-0.3, -0.25) is 0 Å². The normalized spacial score (nSPS) is 13.7. The Balaban J connectivity index is 2.89. The fraction of sp³-hybridized carbons (Fsp3) is 0.538. The zero-order valence-corrected chi connectivity index (χ0v) is 13.5. The van der Waals surface area contributed by atoms with Crippen molar-refractivity contribution in [1.82, 2.24) is 5.32 Å². The van der Waals surface area contributed by atoms with Crippen molar-refractivity contribution in [1.29, 1.82) is 0 Å². The molecule has 0 aliphatic carbocycles. The third-order valence-electron chi connectivity index (χ3n) is 2.58. The molecule has 3 N–H and O–H groups in total. The van der Waals surface area contributed by atoms with Gasteiger partial charge in [0.05, 0.1) is 15.7 Å². The van der Waals surface area contributed by atoms with E-state index >= 15 is 0 Å². The van der Waals surface area contributed by atoms with Crippen LogP contribution in [0.2, 0.25) is 10.0 Å². The molecule has 0 amide bonds. The van der Waals surface area contributed by atoms with Gasteiger partial charge >= 0.3 is 0 Å². The fourth-order valence-electron chi connectivity index (χ4n) is 1.53. The molecule has 2 nitrogen and oxygen atoms in total. The standard InChI is InChI=1S/C13H20Cl2N2S/c1-13(2,3)17-7-11(18-4)8-5-9(14)12(16)10(15)6-8/h5-6,11,17H,7,16H2,1-4H3. The lowest BCUT2D eigenvalue weighted by Gasteiger charge is -2.25. The van der Waals surface area contributed by atoms with Crippen LogP contribution >= 0.6 is 35.0 Å². The minimum absolute atomic E-state index is 0.0926. The number of hydrogen-bond acceptors (Lipinski definition) is 3. The van der Waals surface area contributed by atoms with Gasteiger partial charge in [0.25, 0.3) is 0 Å². The second-order valence-corrected chi connectivity index (χ2v) is 7.11. The van der Waals surface area contributed by atoms with Crippen LogP contribution in [0.4, 0.5) is 5.69 Å². The first kappa shape index (κ1) is 16.0. The third kappa shape index (κ3) is 4.54. The van der Waals surface area contributed by atoms with Gasteiger partial charge in [-0.1, -0.05) is 23.2 Å². The number of hydrogen-bond donors (Lipinski definition) is 2. The average Bonchev–Trinajstić information content (AvgIpc) is 2.25. The molecule has 0 spiro atoms. The van der Waals surface area contributed by atoms with E-state index in [1.54, 1.807) is 11.8 Å². The smallest absolute Gasteiger partial charge is 0.0693 e. The van der Waals surface area contributed by atoms with Crippen molar-refractivity contribution in [2.45, 2.75) is 31.6 Å². The van der Waals surface area contributed by atoms with Crippen LogP contribution in [0.25, 0.3) is 0 Å². The molecule has 102 valence electrons. The van der Waals surface area contributed by atoms with Crippen LogP contribution in [0.3, 0.4) is 0 Å². The molecule has 0 aromatic heterocycles. The highest BCUT2D eigenvalue weighted by molar-refractivity contribution is 7.98. The molecule has 1 unspecified atom stereocenters. The van der Waals surface area contributed by atoms with Crippen molar-refractivity contribution >= 4 is 40.7 Å². The summed E-state index contributed by atoms with van der Waals surface area (Å²) in [4.78, 5) is 0. The minimum atomic E-state index is 0.0926. The molecule has 0 aliphatic heterocycles. The van der Waals surface area contributed by atoms with Crippen LogP contribution in [0.1, 0.15) is 31.6 Å². The van der Waals surface area contributed by atoms with Gasteiger partial charge in [-0.05, 0) is 44.7 Å². The average molecular weight is 307 g/mol. The Bertz CT molecular complexity index is 393. The molecule has 1 aromatic rings. The van der Waals surface area contributed by atoms with Crippen molar-refractivity contribution in [3.8, 4) is 0 Å². The van der Waals surface area contributed by atoms with Gasteiger partial charge in [-0.25, -0.2) is 0 Å². The quantitative estimate of drug-likeness (QED) is 0.811. The van der Waals surface area contributed by atoms with E-state index in [1.165, 1.54) is 0 Å². The van der Waals surface area contributed by atoms with Crippen LogP contribution in [0.5, 0.6) is 0 Å². The van der Waals surface area contributed by atoms with Crippen LogP contribution in [-0.2, 0) is 0 Å². The van der Waals surface area contributed by atoms with Gasteiger partial charge in [-0.15, -0.1) is 0 Å². The number of nitrogens with two attached hydrogens (primary N) is 1. The topological polar surface area (TPSA) is 38.0 Å². The summed E-state index contributed by atoms with van der Waals surface area (Å²) in [7, 11) is 0. The molecule has 1 atom stereocenters. The first-order valence-corrected chi connectivity index (χ1v) is 7.81. The maximum absolute atomic E-state index is 6.07. The highest BCUT2D eigenvalue weighted by Gasteiger charge is 2.17. The molecule has 0 bridgehead atoms. The molecule has 0 saturated heterocycles. The van der Waals surface area contributed by atoms with Gasteiger partial charge in [0, 0.05) is 17.3 Å². The lowest BCUT2D eigenvalue weighted by Crippen LogP contribution is -2.38. The van der Waals surface area contributed by atoms with E-state index in [-0.39, 0.29) is 5.54 Å². The molecule has 0 fully saturated rings. The molecule has 1 aromatic carbocycles. The maximum atomic E-state index is 6.07. The van der Waals surface area contributed by atoms with Gasteiger partial charge < -0.3 is 11.1 Å². The zero-order valence-electron chi connectivity index (χ0n) is 11.2. The molecule has 0 saturated carbocycles. The van der Waals surface area contributed by atoms with Gasteiger partial charge in [0.15, 0.2) is 0 Å². The van der Waals surface area contributed by atoms with Gasteiger partial charge in [0.2, 0.25) is 0 Å². The van der Waals surface area contributed by atoms with E-state index in [4.69, 9.17) is 28.9 Å². The molecular formula is C13H20Cl2N2S. The van der Waals surface area contributed by atoms with E-state index in [0.29, 0.717) is 21.0 Å². The molecule has 5 heteroatoms. The third-order valence-corrected chi connectivity index (χ3v) is 4.21. The summed E-state index contributed by atoms with van der Waals surface area (Å²) in [6.45, 7) is 7.30. The highest BCUT2D eigenvalue weighted by atomic mass is 35.5. The number of anilines is 1. The van der Waals surface area contributed by atoms with Crippen LogP contribution in [0.15, 0.2) is 12.1 Å². The monoisotopic (exact) mass is 306 g/mol. The van der Waals surface area contributed by atoms with Crippen LogP contribution in [-0.4, -0.2) is 18.3 Å². The summed E-state index contributed by atoms with van der Waals surface area (Å²) in [5.74, 6) is 0. The summed E-state index contributed by atoms with van der Waals surface area (Å²) in [5.41, 5.74) is 7.39. The molecule has 0 aliphatic rings. The van der Waals surface area contributed by atoms with Crippen molar-refractivity contribution in [2.24, 2.45) is 0 Å². The number of nitrogens with one attached hydrogen (secondary N) is 1. The van der Waals surface area contributed by atoms with E-state index in [0.717, 1.165) is 12.1 Å². The molecule has 18 heavy (non-hydrogen) atoms. The summed E-state index contributed by atoms with van der Waals surface area (Å²) in [6.07, 6.45) is 2.08. The highest BCUT2D eigenvalue weighted by Crippen LogP contribution is 2.35. The van der Waals surface area contributed by atoms with Crippen molar-refractivity contribution in [3.63, 3.8) is 0 Å². The van der Waals surface area contributed by atoms with Gasteiger partial charge in [-0.2, -0.15) is 11.8 Å². The predicted octanol–water partition coefficient (Wildman–Crippen LogP) is 4.37. The Labute approximate surface area is 124 Å². The Kier molecular flexibility index (Phi) is 5.66.